The van der Waals surface area contributed by atoms with E-state index in [9.17, 15) is 4.79 Å². The summed E-state index contributed by atoms with van der Waals surface area (Å²) in [4.78, 5) is 19.0. The molecule has 7 rings (SSSR count). The molecule has 6 atom stereocenters. The van der Waals surface area contributed by atoms with Crippen LogP contribution in [0.4, 0.5) is 0 Å². The molecule has 5 aliphatic carbocycles. The molecule has 0 bridgehead atoms. The summed E-state index contributed by atoms with van der Waals surface area (Å²) >= 11 is 0. The van der Waals surface area contributed by atoms with Crippen molar-refractivity contribution in [1.29, 1.82) is 0 Å². The van der Waals surface area contributed by atoms with Crippen molar-refractivity contribution in [2.75, 3.05) is 0 Å². The fourth-order valence-corrected chi connectivity index (χ4v) is 11.0. The van der Waals surface area contributed by atoms with Crippen LogP contribution in [0.25, 0.3) is 0 Å². The van der Waals surface area contributed by atoms with Gasteiger partial charge in [0.1, 0.15) is 11.5 Å². The molecule has 0 saturated heterocycles. The van der Waals surface area contributed by atoms with Crippen molar-refractivity contribution in [1.82, 2.24) is 14.7 Å². The fraction of sp³-hybridized carbons (Fsp3) is 0.706. The van der Waals surface area contributed by atoms with E-state index in [1.165, 1.54) is 30.4 Å². The first-order chi connectivity index (χ1) is 18.3. The molecule has 3 saturated carbocycles. The van der Waals surface area contributed by atoms with Gasteiger partial charge in [-0.15, -0.1) is 5.41 Å². The molecule has 6 heteroatoms. The maximum Gasteiger partial charge on any atom is 1.00 e. The van der Waals surface area contributed by atoms with Gasteiger partial charge >= 0.3 is 18.9 Å². The Balaban J connectivity index is 0.00000289. The average Bonchev–Trinajstić information content (AvgIpc) is 3.53. The summed E-state index contributed by atoms with van der Waals surface area (Å²) in [5.41, 5.74) is 2.74. The van der Waals surface area contributed by atoms with Crippen LogP contribution < -0.4 is 18.9 Å². The molecular formula is C34H46LiN3O2. The molecule has 0 spiro atoms. The summed E-state index contributed by atoms with van der Waals surface area (Å²) in [7, 11) is 0. The average molecular weight is 536 g/mol. The third kappa shape index (κ3) is 3.55. The van der Waals surface area contributed by atoms with Gasteiger partial charge in [0.25, 0.3) is 0 Å². The van der Waals surface area contributed by atoms with E-state index in [1.54, 1.807) is 5.92 Å². The first-order valence-corrected chi connectivity index (χ1v) is 15.3. The number of allylic oxidation sites excluding steroid dienone is 2. The van der Waals surface area contributed by atoms with Crippen molar-refractivity contribution in [3.8, 4) is 0 Å². The normalized spacial score (nSPS) is 41.4. The Morgan fingerprint density at radius 1 is 1.05 bits per heavy atom. The van der Waals surface area contributed by atoms with Crippen molar-refractivity contribution in [3.63, 3.8) is 0 Å². The molecule has 5 aliphatic rings. The number of hydrogen-bond acceptors (Lipinski definition) is 4. The van der Waals surface area contributed by atoms with Crippen LogP contribution in [-0.2, 0) is 23.2 Å². The quantitative estimate of drug-likeness (QED) is 0.419. The van der Waals surface area contributed by atoms with Gasteiger partial charge in [-0.1, -0.05) is 96.2 Å². The Kier molecular flexibility index (Phi) is 6.23. The summed E-state index contributed by atoms with van der Waals surface area (Å²) < 4.78 is 8.11. The van der Waals surface area contributed by atoms with E-state index in [-0.39, 0.29) is 57.3 Å². The van der Waals surface area contributed by atoms with E-state index in [0.29, 0.717) is 11.7 Å². The molecule has 0 aliphatic heterocycles. The molecule has 2 heterocycles. The van der Waals surface area contributed by atoms with E-state index in [2.05, 4.69) is 75.4 Å². The largest absolute Gasteiger partial charge is 1.00 e. The maximum atomic E-state index is 14.7. The van der Waals surface area contributed by atoms with Crippen molar-refractivity contribution < 1.29 is 28.2 Å². The molecular weight excluding hydrogens is 489 g/mol. The Labute approximate surface area is 252 Å². The number of nitrogens with zero attached hydrogens (tertiary/aromatic N) is 3. The number of hydrogen-bond donors (Lipinski definition) is 0. The minimum absolute atomic E-state index is 0. The minimum atomic E-state index is -0.101. The zero-order valence-electron chi connectivity index (χ0n) is 26.1. The van der Waals surface area contributed by atoms with Gasteiger partial charge in [-0.25, -0.2) is 4.98 Å². The third-order valence-corrected chi connectivity index (χ3v) is 13.2. The van der Waals surface area contributed by atoms with Crippen LogP contribution in [0.3, 0.4) is 0 Å². The monoisotopic (exact) mass is 535 g/mol. The molecule has 3 fully saturated rings. The van der Waals surface area contributed by atoms with Gasteiger partial charge < -0.3 is 9.09 Å². The van der Waals surface area contributed by atoms with Crippen LogP contribution in [0.1, 0.15) is 105 Å². The number of carbonyl (C=O) groups is 1. The number of fused-ring (bicyclic) bond motifs is 8. The molecule has 0 N–H and O–H groups in total. The summed E-state index contributed by atoms with van der Waals surface area (Å²) in [6.45, 7) is 17.9. The molecule has 0 radical (unpaired) electrons. The van der Waals surface area contributed by atoms with E-state index in [1.807, 2.05) is 18.7 Å². The SMILES string of the molecule is CC1(C)CC[C@]2(Cn3ccnc3)CC[C@]3(C)[C@H](C(=O)C=C4[C@@]5(C)Cc6cnoc6C(C)(C)C5CC[C@]43C)[C-]2C1.[Li+]. The molecule has 40 heavy (non-hydrogen) atoms. The molecule has 5 nitrogen and oxygen atoms in total. The minimum Gasteiger partial charge on any atom is -0.361 e. The molecule has 2 aromatic rings. The van der Waals surface area contributed by atoms with E-state index in [4.69, 9.17) is 4.52 Å². The number of ketones is 1. The van der Waals surface area contributed by atoms with Gasteiger partial charge in [0, 0.05) is 29.9 Å². The van der Waals surface area contributed by atoms with Gasteiger partial charge in [0.2, 0.25) is 0 Å². The van der Waals surface area contributed by atoms with Crippen LogP contribution in [0.5, 0.6) is 0 Å². The predicted octanol–water partition coefficient (Wildman–Crippen LogP) is 4.53. The molecule has 1 unspecified atom stereocenters. The van der Waals surface area contributed by atoms with Crippen LogP contribution in [0, 0.1) is 44.8 Å². The first-order valence-electron chi connectivity index (χ1n) is 15.3. The van der Waals surface area contributed by atoms with Crippen LogP contribution in [0.2, 0.25) is 0 Å². The Morgan fingerprint density at radius 2 is 1.80 bits per heavy atom. The zero-order chi connectivity index (χ0) is 27.6. The van der Waals surface area contributed by atoms with Crippen molar-refractivity contribution >= 4 is 5.78 Å². The van der Waals surface area contributed by atoms with Gasteiger partial charge in [-0.3, -0.25) is 10.7 Å². The summed E-state index contributed by atoms with van der Waals surface area (Å²) in [5.74, 6) is 3.43. The van der Waals surface area contributed by atoms with E-state index < -0.39 is 0 Å². The van der Waals surface area contributed by atoms with Crippen LogP contribution in [0.15, 0.2) is 41.1 Å². The first kappa shape index (κ1) is 28.5. The standard InChI is InChI=1S/C34H46N3O2.Li/c1-29(2)10-12-34(20-37-15-14-35-21-37)13-11-33(7)27(23(34)18-29)24(38)16-26-31(5)17-22-19-36-39-28(22)30(3,4)25(31)8-9-32(26,33)6;/h14-16,19,21,25,27H,8-13,17-18,20H2,1-7H3;/q-1;+1/t25?,27-,31-,32+,33+,34+;/m0./s1. The Hall–Kier alpha value is -1.57. The van der Waals surface area contributed by atoms with Crippen LogP contribution >= 0.6 is 0 Å². The van der Waals surface area contributed by atoms with Crippen molar-refractivity contribution in [2.45, 2.75) is 112 Å². The van der Waals surface area contributed by atoms with Gasteiger partial charge in [-0.05, 0) is 47.5 Å². The summed E-state index contributed by atoms with van der Waals surface area (Å²) in [6, 6.07) is 0. The number of aromatic nitrogens is 3. The van der Waals surface area contributed by atoms with Gasteiger partial charge in [-0.2, -0.15) is 6.42 Å². The zero-order valence-corrected chi connectivity index (χ0v) is 26.1. The molecule has 2 aromatic heterocycles. The number of imidazole rings is 1. The van der Waals surface area contributed by atoms with E-state index >= 15 is 0 Å². The second kappa shape index (κ2) is 8.73. The predicted molar refractivity (Wildman–Crippen MR) is 152 cm³/mol. The number of rotatable bonds is 2. The second-order valence-corrected chi connectivity index (χ2v) is 16.1. The Morgan fingerprint density at radius 3 is 2.52 bits per heavy atom. The molecule has 0 aromatic carbocycles. The van der Waals surface area contributed by atoms with Crippen LogP contribution in [-0.4, -0.2) is 20.5 Å². The van der Waals surface area contributed by atoms with E-state index in [0.717, 1.165) is 44.4 Å². The van der Waals surface area contributed by atoms with Crippen molar-refractivity contribution in [3.05, 3.63) is 53.8 Å². The molecule has 210 valence electrons. The smallest absolute Gasteiger partial charge is 0.361 e. The summed E-state index contributed by atoms with van der Waals surface area (Å²) in [6.07, 6.45) is 19.0. The second-order valence-electron chi connectivity index (χ2n) is 16.1. The van der Waals surface area contributed by atoms with Gasteiger partial charge in [0.05, 0.1) is 12.5 Å². The Bertz CT molecular complexity index is 1360. The van der Waals surface area contributed by atoms with Crippen molar-refractivity contribution in [2.24, 2.45) is 38.9 Å². The number of carbonyl (C=O) groups excluding carboxylic acids is 1. The molecule has 0 amide bonds. The third-order valence-electron chi connectivity index (χ3n) is 13.2. The van der Waals surface area contributed by atoms with Gasteiger partial charge in [0.15, 0.2) is 0 Å². The summed E-state index contributed by atoms with van der Waals surface area (Å²) in [5, 5.41) is 4.23. The topological polar surface area (TPSA) is 60.9 Å². The maximum absolute atomic E-state index is 14.7. The fourth-order valence-electron chi connectivity index (χ4n) is 11.0.